The number of rotatable bonds is 1. The molecule has 3 nitrogen and oxygen atoms in total. The molecular weight excluding hydrogens is 216 g/mol. The molecule has 1 aliphatic heterocycles. The van der Waals surface area contributed by atoms with Gasteiger partial charge in [0.25, 0.3) is 0 Å². The second-order valence-electron chi connectivity index (χ2n) is 5.34. The highest BCUT2D eigenvalue weighted by Gasteiger charge is 2.45. The van der Waals surface area contributed by atoms with E-state index in [1.54, 1.807) is 0 Å². The predicted octanol–water partition coefficient (Wildman–Crippen LogP) is 2.06. The van der Waals surface area contributed by atoms with E-state index >= 15 is 0 Å². The van der Waals surface area contributed by atoms with Gasteiger partial charge in [-0.1, -0.05) is 18.2 Å². The third-order valence-electron chi connectivity index (χ3n) is 3.70. The molecule has 1 aromatic rings. The summed E-state index contributed by atoms with van der Waals surface area (Å²) < 4.78 is 11.6. The Hall–Kier alpha value is -0.900. The van der Waals surface area contributed by atoms with Crippen molar-refractivity contribution in [1.29, 1.82) is 0 Å². The van der Waals surface area contributed by atoms with Gasteiger partial charge < -0.3 is 14.6 Å². The molecular formula is C14H18O3. The van der Waals surface area contributed by atoms with Gasteiger partial charge in [0, 0.05) is 12.0 Å². The highest BCUT2D eigenvalue weighted by Crippen LogP contribution is 2.46. The molecule has 17 heavy (non-hydrogen) atoms. The van der Waals surface area contributed by atoms with Crippen LogP contribution in [0.15, 0.2) is 18.2 Å². The molecule has 1 heterocycles. The summed E-state index contributed by atoms with van der Waals surface area (Å²) in [5, 5.41) is 10.2. The maximum atomic E-state index is 10.2. The normalized spacial score (nSPS) is 22.1. The number of benzene rings is 1. The molecule has 0 bridgehead atoms. The largest absolute Gasteiger partial charge is 0.386 e. The number of hydrogen-bond acceptors (Lipinski definition) is 3. The molecule has 92 valence electrons. The fourth-order valence-electron chi connectivity index (χ4n) is 2.97. The van der Waals surface area contributed by atoms with Crippen molar-refractivity contribution in [3.63, 3.8) is 0 Å². The quantitative estimate of drug-likeness (QED) is 0.808. The topological polar surface area (TPSA) is 38.7 Å². The summed E-state index contributed by atoms with van der Waals surface area (Å²) in [5.74, 6) is -0.531. The first-order valence-corrected chi connectivity index (χ1v) is 6.16. The van der Waals surface area contributed by atoms with Crippen LogP contribution in [0.5, 0.6) is 0 Å². The van der Waals surface area contributed by atoms with Crippen LogP contribution in [0, 0.1) is 0 Å². The Morgan fingerprint density at radius 2 is 1.94 bits per heavy atom. The van der Waals surface area contributed by atoms with Crippen LogP contribution in [-0.2, 0) is 27.3 Å². The van der Waals surface area contributed by atoms with E-state index in [1.165, 1.54) is 5.56 Å². The number of ether oxygens (including phenoxy) is 2. The molecule has 0 amide bonds. The molecule has 1 saturated heterocycles. The highest BCUT2D eigenvalue weighted by molar-refractivity contribution is 5.44. The zero-order valence-corrected chi connectivity index (χ0v) is 10.3. The van der Waals surface area contributed by atoms with Crippen molar-refractivity contribution in [2.24, 2.45) is 0 Å². The van der Waals surface area contributed by atoms with Crippen molar-refractivity contribution in [3.8, 4) is 0 Å². The molecule has 3 heteroatoms. The molecule has 1 N–H and O–H groups in total. The van der Waals surface area contributed by atoms with E-state index in [0.29, 0.717) is 13.2 Å². The number of hydrogen-bond donors (Lipinski definition) is 1. The molecule has 0 atom stereocenters. The van der Waals surface area contributed by atoms with Crippen LogP contribution in [0.2, 0.25) is 0 Å². The van der Waals surface area contributed by atoms with Gasteiger partial charge in [0.2, 0.25) is 0 Å². The van der Waals surface area contributed by atoms with E-state index in [0.717, 1.165) is 24.0 Å². The standard InChI is InChI=1S/C14H18O3/c1-13(2,15)11-4-3-5-12-10(11)6-7-14(12)16-8-9-17-14/h3-5,15H,6-9H2,1-2H3. The van der Waals surface area contributed by atoms with Gasteiger partial charge in [0.15, 0.2) is 5.79 Å². The molecule has 1 fully saturated rings. The fourth-order valence-corrected chi connectivity index (χ4v) is 2.97. The van der Waals surface area contributed by atoms with Gasteiger partial charge in [-0.15, -0.1) is 0 Å². The maximum Gasteiger partial charge on any atom is 0.195 e. The highest BCUT2D eigenvalue weighted by atomic mass is 16.7. The molecule has 1 aliphatic carbocycles. The van der Waals surface area contributed by atoms with E-state index in [4.69, 9.17) is 9.47 Å². The Labute approximate surface area is 101 Å². The van der Waals surface area contributed by atoms with Crippen LogP contribution < -0.4 is 0 Å². The number of fused-ring (bicyclic) bond motifs is 2. The van der Waals surface area contributed by atoms with Crippen LogP contribution in [0.4, 0.5) is 0 Å². The first-order valence-electron chi connectivity index (χ1n) is 6.16. The maximum absolute atomic E-state index is 10.2. The lowest BCUT2D eigenvalue weighted by molar-refractivity contribution is -0.163. The molecule has 0 saturated carbocycles. The van der Waals surface area contributed by atoms with Crippen LogP contribution in [0.1, 0.15) is 37.0 Å². The van der Waals surface area contributed by atoms with Gasteiger partial charge >= 0.3 is 0 Å². The molecule has 0 unspecified atom stereocenters. The van der Waals surface area contributed by atoms with Gasteiger partial charge in [-0.25, -0.2) is 0 Å². The molecule has 0 radical (unpaired) electrons. The minimum Gasteiger partial charge on any atom is -0.386 e. The van der Waals surface area contributed by atoms with Crippen molar-refractivity contribution >= 4 is 0 Å². The molecule has 0 aromatic heterocycles. The van der Waals surface area contributed by atoms with E-state index in [9.17, 15) is 5.11 Å². The second-order valence-corrected chi connectivity index (χ2v) is 5.34. The van der Waals surface area contributed by atoms with E-state index in [1.807, 2.05) is 26.0 Å². The third kappa shape index (κ3) is 1.61. The fraction of sp³-hybridized carbons (Fsp3) is 0.571. The Morgan fingerprint density at radius 1 is 1.24 bits per heavy atom. The minimum absolute atomic E-state index is 0.531. The number of aliphatic hydroxyl groups is 1. The van der Waals surface area contributed by atoms with Crippen molar-refractivity contribution in [2.45, 2.75) is 38.1 Å². The van der Waals surface area contributed by atoms with E-state index in [-0.39, 0.29) is 0 Å². The van der Waals surface area contributed by atoms with Gasteiger partial charge in [0.1, 0.15) is 0 Å². The lowest BCUT2D eigenvalue weighted by atomic mass is 9.91. The predicted molar refractivity (Wildman–Crippen MR) is 63.6 cm³/mol. The van der Waals surface area contributed by atoms with E-state index in [2.05, 4.69) is 6.07 Å². The van der Waals surface area contributed by atoms with Gasteiger partial charge in [-0.05, 0) is 31.4 Å². The summed E-state index contributed by atoms with van der Waals surface area (Å²) >= 11 is 0. The zero-order chi connectivity index (χ0) is 12.1. The lowest BCUT2D eigenvalue weighted by Gasteiger charge is -2.25. The molecule has 1 aromatic carbocycles. The van der Waals surface area contributed by atoms with E-state index < -0.39 is 11.4 Å². The van der Waals surface area contributed by atoms with Crippen molar-refractivity contribution in [3.05, 3.63) is 34.9 Å². The smallest absolute Gasteiger partial charge is 0.195 e. The SMILES string of the molecule is CC(C)(O)c1cccc2c1CCC21OCCO1. The van der Waals surface area contributed by atoms with Crippen LogP contribution in [0.3, 0.4) is 0 Å². The monoisotopic (exact) mass is 234 g/mol. The van der Waals surface area contributed by atoms with Crippen LogP contribution >= 0.6 is 0 Å². The summed E-state index contributed by atoms with van der Waals surface area (Å²) in [6.07, 6.45) is 1.77. The lowest BCUT2D eigenvalue weighted by Crippen LogP contribution is -2.24. The summed E-state index contributed by atoms with van der Waals surface area (Å²) in [7, 11) is 0. The van der Waals surface area contributed by atoms with Crippen molar-refractivity contribution in [1.82, 2.24) is 0 Å². The Balaban J connectivity index is 2.12. The summed E-state index contributed by atoms with van der Waals surface area (Å²) in [5.41, 5.74) is 2.48. The van der Waals surface area contributed by atoms with Crippen molar-refractivity contribution in [2.75, 3.05) is 13.2 Å². The average Bonchev–Trinajstić information content (AvgIpc) is 2.87. The third-order valence-corrected chi connectivity index (χ3v) is 3.70. The summed E-state index contributed by atoms with van der Waals surface area (Å²) in [6, 6.07) is 6.03. The second kappa shape index (κ2) is 3.55. The van der Waals surface area contributed by atoms with Crippen LogP contribution in [-0.4, -0.2) is 18.3 Å². The summed E-state index contributed by atoms with van der Waals surface area (Å²) in [4.78, 5) is 0. The van der Waals surface area contributed by atoms with Gasteiger partial charge in [-0.2, -0.15) is 0 Å². The zero-order valence-electron chi connectivity index (χ0n) is 10.3. The molecule has 2 aliphatic rings. The van der Waals surface area contributed by atoms with Crippen molar-refractivity contribution < 1.29 is 14.6 Å². The minimum atomic E-state index is -0.810. The van der Waals surface area contributed by atoms with Gasteiger partial charge in [0.05, 0.1) is 18.8 Å². The summed E-state index contributed by atoms with van der Waals surface area (Å²) in [6.45, 7) is 4.96. The molecule has 1 spiro atoms. The first kappa shape index (κ1) is 11.2. The van der Waals surface area contributed by atoms with Crippen LogP contribution in [0.25, 0.3) is 0 Å². The first-order chi connectivity index (χ1) is 8.03. The Kier molecular flexibility index (Phi) is 2.34. The Bertz CT molecular complexity index is 439. The average molecular weight is 234 g/mol. The van der Waals surface area contributed by atoms with Gasteiger partial charge in [-0.3, -0.25) is 0 Å². The molecule has 3 rings (SSSR count). The Morgan fingerprint density at radius 3 is 2.59 bits per heavy atom.